The van der Waals surface area contributed by atoms with Gasteiger partial charge in [-0.25, -0.2) is 4.79 Å². The molecule has 0 spiro atoms. The van der Waals surface area contributed by atoms with Crippen molar-refractivity contribution < 1.29 is 28.5 Å². The van der Waals surface area contributed by atoms with Crippen LogP contribution in [0, 0.1) is 11.8 Å². The molecule has 5 heterocycles. The molecule has 8 nitrogen and oxygen atoms in total. The lowest BCUT2D eigenvalue weighted by atomic mass is 9.73. The molecule has 4 aliphatic heterocycles. The lowest BCUT2D eigenvalue weighted by molar-refractivity contribution is -0.219. The number of carbonyl (C=O) groups excluding carboxylic acids is 2. The third kappa shape index (κ3) is 5.41. The Labute approximate surface area is 230 Å². The summed E-state index contributed by atoms with van der Waals surface area (Å²) in [5.41, 5.74) is -0.292. The van der Waals surface area contributed by atoms with Gasteiger partial charge in [0.15, 0.2) is 5.60 Å². The van der Waals surface area contributed by atoms with E-state index in [0.717, 1.165) is 55.2 Å². The van der Waals surface area contributed by atoms with Crippen LogP contribution >= 0.6 is 0 Å². The number of rotatable bonds is 8. The number of methoxy groups -OCH3 is 2. The summed E-state index contributed by atoms with van der Waals surface area (Å²) in [6, 6.07) is 7.67. The summed E-state index contributed by atoms with van der Waals surface area (Å²) in [4.78, 5) is 33.8. The number of piperidine rings is 3. The summed E-state index contributed by atoms with van der Waals surface area (Å²) in [6.45, 7) is 9.79. The normalized spacial score (nSPS) is 30.4. The first-order chi connectivity index (χ1) is 18.7. The molecule has 1 unspecified atom stereocenters. The van der Waals surface area contributed by atoms with Crippen LogP contribution in [0.3, 0.4) is 0 Å². The van der Waals surface area contributed by atoms with Crippen molar-refractivity contribution in [1.82, 2.24) is 9.88 Å². The summed E-state index contributed by atoms with van der Waals surface area (Å²) in [5, 5.41) is 0.879. The second kappa shape index (κ2) is 10.9. The highest BCUT2D eigenvalue weighted by atomic mass is 16.6. The maximum absolute atomic E-state index is 14.2. The Bertz CT molecular complexity index is 1240. The molecule has 0 radical (unpaired) electrons. The maximum Gasteiger partial charge on any atom is 0.339 e. The van der Waals surface area contributed by atoms with Gasteiger partial charge in [-0.1, -0.05) is 6.08 Å². The van der Waals surface area contributed by atoms with Crippen molar-refractivity contribution in [2.24, 2.45) is 11.8 Å². The largest absolute Gasteiger partial charge is 0.497 e. The first-order valence-electron chi connectivity index (χ1n) is 14.0. The number of esters is 2. The second-order valence-electron chi connectivity index (χ2n) is 11.8. The molecule has 0 saturated carbocycles. The highest BCUT2D eigenvalue weighted by molar-refractivity contribution is 5.87. The minimum absolute atomic E-state index is 0.0209. The van der Waals surface area contributed by atoms with Crippen LogP contribution in [0.1, 0.15) is 64.0 Å². The quantitative estimate of drug-likeness (QED) is 0.344. The van der Waals surface area contributed by atoms with Crippen LogP contribution in [0.5, 0.6) is 5.75 Å². The van der Waals surface area contributed by atoms with Crippen molar-refractivity contribution in [1.29, 1.82) is 0 Å². The van der Waals surface area contributed by atoms with E-state index >= 15 is 0 Å². The van der Waals surface area contributed by atoms with Crippen LogP contribution in [0.25, 0.3) is 10.9 Å². The lowest BCUT2D eigenvalue weighted by Gasteiger charge is -2.51. The molecule has 210 valence electrons. The van der Waals surface area contributed by atoms with Crippen LogP contribution in [-0.2, 0) is 23.8 Å². The summed E-state index contributed by atoms with van der Waals surface area (Å²) >= 11 is 0. The highest BCUT2D eigenvalue weighted by Gasteiger charge is 2.52. The zero-order chi connectivity index (χ0) is 27.8. The standard InChI is InChI=1S/C31H40N2O6/c1-6-20-19-33-15-11-21(20)16-26(33)28(23-10-14-32-25-9-8-22(36-4)17-24(23)25)38-29(35)31(18-27(34)37-5)13-7-12-30(2,3)39-31/h6,8-10,14,17,20-21,26,28H,1,7,11-13,15-16,18-19H2,2-5H3/t20-,21-,26-,28+,31-/m0/s1. The topological polar surface area (TPSA) is 87.2 Å². The van der Waals surface area contributed by atoms with Gasteiger partial charge in [-0.3, -0.25) is 14.7 Å². The van der Waals surface area contributed by atoms with Gasteiger partial charge in [-0.05, 0) is 88.6 Å². The van der Waals surface area contributed by atoms with Crippen molar-refractivity contribution >= 4 is 22.8 Å². The fourth-order valence-corrected chi connectivity index (χ4v) is 6.86. The van der Waals surface area contributed by atoms with Gasteiger partial charge in [0.05, 0.1) is 37.8 Å². The van der Waals surface area contributed by atoms with E-state index in [2.05, 4.69) is 22.5 Å². The Morgan fingerprint density at radius 3 is 2.74 bits per heavy atom. The molecular weight excluding hydrogens is 496 g/mol. The summed E-state index contributed by atoms with van der Waals surface area (Å²) in [7, 11) is 2.96. The average Bonchev–Trinajstić information content (AvgIpc) is 2.94. The number of hydrogen-bond acceptors (Lipinski definition) is 8. The Morgan fingerprint density at radius 2 is 2.08 bits per heavy atom. The van der Waals surface area contributed by atoms with Crippen molar-refractivity contribution in [2.75, 3.05) is 27.3 Å². The van der Waals surface area contributed by atoms with E-state index in [1.165, 1.54) is 7.11 Å². The van der Waals surface area contributed by atoms with Gasteiger partial charge < -0.3 is 18.9 Å². The monoisotopic (exact) mass is 536 g/mol. The summed E-state index contributed by atoms with van der Waals surface area (Å²) in [5.74, 6) is 0.610. The molecular formula is C31H40N2O6. The van der Waals surface area contributed by atoms with E-state index in [-0.39, 0.29) is 12.5 Å². The van der Waals surface area contributed by atoms with E-state index < -0.39 is 29.2 Å². The van der Waals surface area contributed by atoms with Crippen molar-refractivity contribution in [3.63, 3.8) is 0 Å². The molecule has 8 heteroatoms. The summed E-state index contributed by atoms with van der Waals surface area (Å²) in [6.07, 6.45) is 6.99. The number of fused-ring (bicyclic) bond motifs is 4. The van der Waals surface area contributed by atoms with Crippen LogP contribution in [0.2, 0.25) is 0 Å². The number of carbonyl (C=O) groups is 2. The van der Waals surface area contributed by atoms with Crippen LogP contribution < -0.4 is 4.74 Å². The number of pyridine rings is 1. The fourth-order valence-electron chi connectivity index (χ4n) is 6.86. The molecule has 0 N–H and O–H groups in total. The van der Waals surface area contributed by atoms with Gasteiger partial charge in [0, 0.05) is 23.7 Å². The number of ether oxygens (including phenoxy) is 4. The predicted octanol–water partition coefficient (Wildman–Crippen LogP) is 5.01. The van der Waals surface area contributed by atoms with Crippen molar-refractivity contribution in [3.05, 3.63) is 48.7 Å². The Balaban J connectivity index is 1.57. The van der Waals surface area contributed by atoms with Crippen molar-refractivity contribution in [2.45, 2.75) is 75.7 Å². The molecule has 6 rings (SSSR count). The van der Waals surface area contributed by atoms with Gasteiger partial charge in [0.2, 0.25) is 0 Å². The van der Waals surface area contributed by atoms with Gasteiger partial charge in [0.1, 0.15) is 11.9 Å². The molecule has 4 saturated heterocycles. The van der Waals surface area contributed by atoms with E-state index in [9.17, 15) is 9.59 Å². The van der Waals surface area contributed by atoms with Crippen LogP contribution in [-0.4, -0.2) is 66.4 Å². The van der Waals surface area contributed by atoms with E-state index in [0.29, 0.717) is 24.0 Å². The third-order valence-corrected chi connectivity index (χ3v) is 8.89. The molecule has 4 fully saturated rings. The second-order valence-corrected chi connectivity index (χ2v) is 11.8. The molecule has 4 aliphatic rings. The zero-order valence-electron chi connectivity index (χ0n) is 23.5. The van der Waals surface area contributed by atoms with Crippen LogP contribution in [0.4, 0.5) is 0 Å². The van der Waals surface area contributed by atoms with Gasteiger partial charge >= 0.3 is 11.9 Å². The van der Waals surface area contributed by atoms with Gasteiger partial charge in [-0.15, -0.1) is 6.58 Å². The Morgan fingerprint density at radius 1 is 1.26 bits per heavy atom. The molecule has 2 bridgehead atoms. The van der Waals surface area contributed by atoms with E-state index in [1.54, 1.807) is 13.3 Å². The lowest BCUT2D eigenvalue weighted by Crippen LogP contribution is -2.57. The molecule has 1 aromatic carbocycles. The number of benzene rings is 1. The first-order valence-corrected chi connectivity index (χ1v) is 14.0. The molecule has 39 heavy (non-hydrogen) atoms. The maximum atomic E-state index is 14.2. The molecule has 2 aromatic rings. The number of aromatic nitrogens is 1. The van der Waals surface area contributed by atoms with E-state index in [1.807, 2.05) is 38.1 Å². The molecule has 1 aromatic heterocycles. The first kappa shape index (κ1) is 27.6. The summed E-state index contributed by atoms with van der Waals surface area (Å²) < 4.78 is 23.5. The third-order valence-electron chi connectivity index (χ3n) is 8.89. The molecule has 6 atom stereocenters. The van der Waals surface area contributed by atoms with Crippen LogP contribution in [0.15, 0.2) is 43.1 Å². The SMILES string of the molecule is C=C[C@H]1CN2CC[C@H]1C[C@H]2[C@H](OC(=O)[C@@]1(CC(=O)OC)CCCC(C)(C)O1)c1ccnc2ccc(OC)cc12. The number of hydrogen-bond donors (Lipinski definition) is 0. The number of nitrogens with zero attached hydrogens (tertiary/aromatic N) is 2. The average molecular weight is 537 g/mol. The minimum Gasteiger partial charge on any atom is -0.497 e. The van der Waals surface area contributed by atoms with E-state index in [4.69, 9.17) is 18.9 Å². The highest BCUT2D eigenvalue weighted by Crippen LogP contribution is 2.46. The predicted molar refractivity (Wildman–Crippen MR) is 147 cm³/mol. The zero-order valence-corrected chi connectivity index (χ0v) is 23.5. The van der Waals surface area contributed by atoms with Gasteiger partial charge in [-0.2, -0.15) is 0 Å². The fraction of sp³-hybridized carbons (Fsp3) is 0.581. The molecule has 0 amide bonds. The molecule has 0 aliphatic carbocycles. The van der Waals surface area contributed by atoms with Crippen molar-refractivity contribution in [3.8, 4) is 5.75 Å². The smallest absolute Gasteiger partial charge is 0.339 e. The Hall–Kier alpha value is -2.97. The Kier molecular flexibility index (Phi) is 7.71. The van der Waals surface area contributed by atoms with Gasteiger partial charge in [0.25, 0.3) is 0 Å². The minimum atomic E-state index is -1.40.